The number of nitrogens with zero attached hydrogens (tertiary/aromatic N) is 1. The highest BCUT2D eigenvalue weighted by molar-refractivity contribution is 7.10. The number of H-pyrrole nitrogens is 1. The third-order valence-electron chi connectivity index (χ3n) is 2.93. The highest BCUT2D eigenvalue weighted by Crippen LogP contribution is 2.22. The number of aromatic nitrogens is 2. The van der Waals surface area contributed by atoms with E-state index in [1.54, 1.807) is 17.5 Å². The van der Waals surface area contributed by atoms with E-state index in [-0.39, 0.29) is 0 Å². The molecule has 4 nitrogen and oxygen atoms in total. The van der Waals surface area contributed by atoms with Crippen LogP contribution in [0.25, 0.3) is 11.3 Å². The second-order valence-electron chi connectivity index (χ2n) is 4.20. The number of nitrogens with two attached hydrogens (primary N) is 1. The summed E-state index contributed by atoms with van der Waals surface area (Å²) in [5.41, 5.74) is 9.93. The molecule has 2 heterocycles. The number of aromatic amines is 1. The Labute approximate surface area is 115 Å². The van der Waals surface area contributed by atoms with Gasteiger partial charge in [0.05, 0.1) is 12.2 Å². The molecule has 0 spiro atoms. The molecule has 0 aliphatic carbocycles. The number of nitrogens with one attached hydrogen (secondary N) is 2. The minimum Gasteiger partial charge on any atom is -0.398 e. The molecule has 3 aromatic rings. The lowest BCUT2D eigenvalue weighted by Gasteiger charge is -2.06. The summed E-state index contributed by atoms with van der Waals surface area (Å²) >= 11 is 1.67. The molecule has 0 bridgehead atoms. The van der Waals surface area contributed by atoms with Crippen LogP contribution < -0.4 is 11.1 Å². The van der Waals surface area contributed by atoms with E-state index in [9.17, 15) is 0 Å². The normalized spacial score (nSPS) is 10.5. The van der Waals surface area contributed by atoms with E-state index < -0.39 is 0 Å². The van der Waals surface area contributed by atoms with Gasteiger partial charge in [0.1, 0.15) is 0 Å². The lowest BCUT2D eigenvalue weighted by Crippen LogP contribution is -1.99. The van der Waals surface area contributed by atoms with Crippen molar-refractivity contribution in [2.24, 2.45) is 0 Å². The molecule has 96 valence electrons. The number of nitrogen functional groups attached to an aromatic ring is 1. The number of hydrogen-bond donors (Lipinski definition) is 3. The first-order chi connectivity index (χ1) is 9.33. The summed E-state index contributed by atoms with van der Waals surface area (Å²) in [5.74, 6) is 0. The zero-order valence-electron chi connectivity index (χ0n) is 10.3. The largest absolute Gasteiger partial charge is 0.398 e. The molecule has 4 N–H and O–H groups in total. The standard InChI is InChI=1S/C14H14N4S/c15-12-6-8-19-14(12)9-16-11-3-1-10(2-4-11)13-5-7-17-18-13/h1-8,16H,9,15H2,(H,17,18). The highest BCUT2D eigenvalue weighted by Gasteiger charge is 2.01. The zero-order chi connectivity index (χ0) is 13.1. The molecule has 0 atom stereocenters. The Kier molecular flexibility index (Phi) is 3.20. The average Bonchev–Trinajstić information content (AvgIpc) is 3.09. The molecule has 0 aliphatic rings. The van der Waals surface area contributed by atoms with E-state index in [0.29, 0.717) is 0 Å². The molecule has 19 heavy (non-hydrogen) atoms. The van der Waals surface area contributed by atoms with Crippen LogP contribution in [0.2, 0.25) is 0 Å². The number of hydrogen-bond acceptors (Lipinski definition) is 4. The van der Waals surface area contributed by atoms with Gasteiger partial charge in [0.25, 0.3) is 0 Å². The second kappa shape index (κ2) is 5.16. The number of benzene rings is 1. The Morgan fingerprint density at radius 1 is 1.16 bits per heavy atom. The molecule has 0 unspecified atom stereocenters. The van der Waals surface area contributed by atoms with Crippen LogP contribution in [0.3, 0.4) is 0 Å². The van der Waals surface area contributed by atoms with Gasteiger partial charge in [-0.1, -0.05) is 12.1 Å². The fourth-order valence-electron chi connectivity index (χ4n) is 1.86. The Balaban J connectivity index is 1.68. The molecule has 2 aromatic heterocycles. The van der Waals surface area contributed by atoms with Crippen molar-refractivity contribution < 1.29 is 0 Å². The lowest BCUT2D eigenvalue weighted by atomic mass is 10.1. The third kappa shape index (κ3) is 2.61. The van der Waals surface area contributed by atoms with Crippen LogP contribution in [0, 0.1) is 0 Å². The minimum absolute atomic E-state index is 0.757. The van der Waals surface area contributed by atoms with Crippen LogP contribution in [0.1, 0.15) is 4.88 Å². The van der Waals surface area contributed by atoms with Crippen molar-refractivity contribution in [1.29, 1.82) is 0 Å². The first-order valence-electron chi connectivity index (χ1n) is 5.98. The van der Waals surface area contributed by atoms with Gasteiger partial charge in [-0.15, -0.1) is 11.3 Å². The van der Waals surface area contributed by atoms with Crippen molar-refractivity contribution >= 4 is 22.7 Å². The second-order valence-corrected chi connectivity index (χ2v) is 5.20. The summed E-state index contributed by atoms with van der Waals surface area (Å²) in [7, 11) is 0. The fraction of sp³-hybridized carbons (Fsp3) is 0.0714. The SMILES string of the molecule is Nc1ccsc1CNc1ccc(-c2ccn[nH]2)cc1. The summed E-state index contributed by atoms with van der Waals surface area (Å²) in [6.07, 6.45) is 1.75. The van der Waals surface area contributed by atoms with E-state index >= 15 is 0 Å². The molecule has 0 amide bonds. The maximum atomic E-state index is 5.85. The number of rotatable bonds is 4. The van der Waals surface area contributed by atoms with Crippen molar-refractivity contribution in [3.8, 4) is 11.3 Å². The minimum atomic E-state index is 0.757. The Hall–Kier alpha value is -2.27. The molecule has 1 aromatic carbocycles. The molecule has 3 rings (SSSR count). The molecule has 5 heteroatoms. The molecule has 0 saturated carbocycles. The summed E-state index contributed by atoms with van der Waals surface area (Å²) in [6, 6.07) is 12.1. The van der Waals surface area contributed by atoms with E-state index in [2.05, 4.69) is 39.8 Å². The maximum absolute atomic E-state index is 5.85. The van der Waals surface area contributed by atoms with Gasteiger partial charge in [0, 0.05) is 22.4 Å². The van der Waals surface area contributed by atoms with Crippen molar-refractivity contribution in [3.05, 3.63) is 52.9 Å². The van der Waals surface area contributed by atoms with Gasteiger partial charge < -0.3 is 11.1 Å². The molecular weight excluding hydrogens is 256 g/mol. The predicted molar refractivity (Wildman–Crippen MR) is 80.1 cm³/mol. The molecule has 0 saturated heterocycles. The van der Waals surface area contributed by atoms with Crippen LogP contribution in [-0.2, 0) is 6.54 Å². The highest BCUT2D eigenvalue weighted by atomic mass is 32.1. The average molecular weight is 270 g/mol. The van der Waals surface area contributed by atoms with Crippen molar-refractivity contribution in [1.82, 2.24) is 10.2 Å². The molecular formula is C14H14N4S. The zero-order valence-corrected chi connectivity index (χ0v) is 11.1. The van der Waals surface area contributed by atoms with Crippen LogP contribution >= 0.6 is 11.3 Å². The monoisotopic (exact) mass is 270 g/mol. The van der Waals surface area contributed by atoms with Gasteiger partial charge >= 0.3 is 0 Å². The van der Waals surface area contributed by atoms with Crippen molar-refractivity contribution in [3.63, 3.8) is 0 Å². The Morgan fingerprint density at radius 2 is 2.00 bits per heavy atom. The Morgan fingerprint density at radius 3 is 2.63 bits per heavy atom. The van der Waals surface area contributed by atoms with E-state index in [4.69, 9.17) is 5.73 Å². The van der Waals surface area contributed by atoms with Crippen LogP contribution in [0.15, 0.2) is 48.0 Å². The molecule has 0 radical (unpaired) electrons. The summed E-state index contributed by atoms with van der Waals surface area (Å²) in [6.45, 7) is 0.757. The van der Waals surface area contributed by atoms with Crippen molar-refractivity contribution in [2.75, 3.05) is 11.1 Å². The van der Waals surface area contributed by atoms with Gasteiger partial charge in [-0.3, -0.25) is 5.10 Å². The molecule has 0 aliphatic heterocycles. The molecule has 0 fully saturated rings. The first-order valence-corrected chi connectivity index (χ1v) is 6.86. The van der Waals surface area contributed by atoms with Crippen LogP contribution in [0.4, 0.5) is 11.4 Å². The summed E-state index contributed by atoms with van der Waals surface area (Å²) in [4.78, 5) is 1.16. The van der Waals surface area contributed by atoms with Gasteiger partial charge in [-0.2, -0.15) is 5.10 Å². The smallest absolute Gasteiger partial charge is 0.0650 e. The van der Waals surface area contributed by atoms with Crippen LogP contribution in [-0.4, -0.2) is 10.2 Å². The summed E-state index contributed by atoms with van der Waals surface area (Å²) < 4.78 is 0. The Bertz CT molecular complexity index is 640. The summed E-state index contributed by atoms with van der Waals surface area (Å²) in [5, 5.41) is 12.3. The van der Waals surface area contributed by atoms with Gasteiger partial charge in [0.2, 0.25) is 0 Å². The maximum Gasteiger partial charge on any atom is 0.0650 e. The van der Waals surface area contributed by atoms with E-state index in [1.807, 2.05) is 17.5 Å². The fourth-order valence-corrected chi connectivity index (χ4v) is 2.60. The van der Waals surface area contributed by atoms with Crippen molar-refractivity contribution in [2.45, 2.75) is 6.54 Å². The number of anilines is 2. The van der Waals surface area contributed by atoms with Gasteiger partial charge in [-0.05, 0) is 35.2 Å². The quantitative estimate of drug-likeness (QED) is 0.681. The lowest BCUT2D eigenvalue weighted by molar-refractivity contribution is 1.09. The topological polar surface area (TPSA) is 66.7 Å². The van der Waals surface area contributed by atoms with Crippen LogP contribution in [0.5, 0.6) is 0 Å². The van der Waals surface area contributed by atoms with E-state index in [1.165, 1.54) is 0 Å². The third-order valence-corrected chi connectivity index (χ3v) is 3.87. The predicted octanol–water partition coefficient (Wildman–Crippen LogP) is 3.33. The van der Waals surface area contributed by atoms with Gasteiger partial charge in [0.15, 0.2) is 0 Å². The van der Waals surface area contributed by atoms with E-state index in [0.717, 1.165) is 34.1 Å². The first kappa shape index (κ1) is 11.8. The number of thiophene rings is 1. The van der Waals surface area contributed by atoms with Gasteiger partial charge in [-0.25, -0.2) is 0 Å².